The van der Waals surface area contributed by atoms with Crippen LogP contribution in [0.25, 0.3) is 0 Å². The van der Waals surface area contributed by atoms with Gasteiger partial charge in [-0.05, 0) is 19.9 Å². The van der Waals surface area contributed by atoms with Gasteiger partial charge in [-0.3, -0.25) is 14.5 Å². The molecule has 0 aliphatic heterocycles. The Morgan fingerprint density at radius 1 is 1.39 bits per heavy atom. The van der Waals surface area contributed by atoms with E-state index in [2.05, 4.69) is 11.2 Å². The molecule has 2 N–H and O–H groups in total. The molecule has 0 saturated carbocycles. The largest absolute Gasteiger partial charge is 0.481 e. The van der Waals surface area contributed by atoms with Crippen LogP contribution in [0.4, 0.5) is 0 Å². The van der Waals surface area contributed by atoms with Crippen molar-refractivity contribution in [1.82, 2.24) is 10.2 Å². The van der Waals surface area contributed by atoms with Crippen LogP contribution in [0.5, 0.6) is 0 Å². The zero-order chi connectivity index (χ0) is 14.2. The topological polar surface area (TPSA) is 69.6 Å². The Hall–Kier alpha value is -1.54. The Morgan fingerprint density at radius 3 is 2.33 bits per heavy atom. The molecule has 0 aromatic rings. The molecular formula is C13H22N2O3. The maximum Gasteiger partial charge on any atom is 0.304 e. The highest BCUT2D eigenvalue weighted by Crippen LogP contribution is 2.13. The molecule has 0 aromatic carbocycles. The highest BCUT2D eigenvalue weighted by molar-refractivity contribution is 5.79. The lowest BCUT2D eigenvalue weighted by atomic mass is 9.94. The molecule has 5 heteroatoms. The van der Waals surface area contributed by atoms with Crippen molar-refractivity contribution in [1.29, 1.82) is 0 Å². The fourth-order valence-corrected chi connectivity index (χ4v) is 1.58. The van der Waals surface area contributed by atoms with Crippen LogP contribution in [0, 0.1) is 12.3 Å². The molecule has 0 aliphatic rings. The smallest absolute Gasteiger partial charge is 0.304 e. The molecule has 0 heterocycles. The summed E-state index contributed by atoms with van der Waals surface area (Å²) in [5.74, 6) is 1.58. The minimum atomic E-state index is -0.873. The first-order valence-electron chi connectivity index (χ1n) is 6.08. The first-order chi connectivity index (χ1) is 8.39. The zero-order valence-electron chi connectivity index (χ0n) is 11.3. The van der Waals surface area contributed by atoms with Crippen LogP contribution in [-0.4, -0.2) is 47.6 Å². The minimum Gasteiger partial charge on any atom is -0.481 e. The number of nitrogens with zero attached hydrogens (tertiary/aromatic N) is 1. The molecule has 0 aromatic heterocycles. The van der Waals surface area contributed by atoms with Gasteiger partial charge in [0.25, 0.3) is 0 Å². The fraction of sp³-hybridized carbons (Fsp3) is 0.692. The molecule has 0 radical (unpaired) electrons. The van der Waals surface area contributed by atoms with Gasteiger partial charge in [-0.1, -0.05) is 19.8 Å². The van der Waals surface area contributed by atoms with Gasteiger partial charge < -0.3 is 10.4 Å². The molecule has 5 nitrogen and oxygen atoms in total. The molecular weight excluding hydrogens is 232 g/mol. The van der Waals surface area contributed by atoms with E-state index >= 15 is 0 Å². The number of carbonyl (C=O) groups excluding carboxylic acids is 1. The van der Waals surface area contributed by atoms with Crippen molar-refractivity contribution >= 4 is 11.9 Å². The van der Waals surface area contributed by atoms with Crippen LogP contribution in [-0.2, 0) is 9.59 Å². The van der Waals surface area contributed by atoms with Gasteiger partial charge in [0.2, 0.25) is 5.91 Å². The number of nitrogens with one attached hydrogen (secondary N) is 1. The predicted octanol–water partition coefficient (Wildman–Crippen LogP) is 0.701. The third-order valence-corrected chi connectivity index (χ3v) is 2.98. The first kappa shape index (κ1) is 16.5. The first-order valence-corrected chi connectivity index (χ1v) is 6.08. The van der Waals surface area contributed by atoms with E-state index < -0.39 is 11.5 Å². The number of hydrogen-bond acceptors (Lipinski definition) is 3. The van der Waals surface area contributed by atoms with Crippen LogP contribution in [0.3, 0.4) is 0 Å². The monoisotopic (exact) mass is 254 g/mol. The Bertz CT molecular complexity index is 330. The van der Waals surface area contributed by atoms with E-state index in [1.165, 1.54) is 0 Å². The van der Waals surface area contributed by atoms with Gasteiger partial charge in [0, 0.05) is 6.54 Å². The van der Waals surface area contributed by atoms with Gasteiger partial charge >= 0.3 is 5.97 Å². The van der Waals surface area contributed by atoms with Crippen LogP contribution < -0.4 is 5.32 Å². The number of carboxylic acids is 1. The second-order valence-corrected chi connectivity index (χ2v) is 4.36. The van der Waals surface area contributed by atoms with Crippen molar-refractivity contribution in [3.63, 3.8) is 0 Å². The van der Waals surface area contributed by atoms with Crippen molar-refractivity contribution in [2.45, 2.75) is 38.6 Å². The van der Waals surface area contributed by atoms with Crippen molar-refractivity contribution in [3.8, 4) is 12.3 Å². The van der Waals surface area contributed by atoms with Crippen LogP contribution in [0.1, 0.15) is 33.1 Å². The molecule has 0 rings (SSSR count). The number of hydrogen-bond donors (Lipinski definition) is 2. The van der Waals surface area contributed by atoms with Gasteiger partial charge in [-0.2, -0.15) is 0 Å². The molecule has 0 saturated heterocycles. The molecule has 0 aliphatic carbocycles. The second-order valence-electron chi connectivity index (χ2n) is 4.36. The number of rotatable bonds is 8. The maximum atomic E-state index is 11.8. The summed E-state index contributed by atoms with van der Waals surface area (Å²) < 4.78 is 0. The second kappa shape index (κ2) is 7.72. The molecule has 102 valence electrons. The highest BCUT2D eigenvalue weighted by atomic mass is 16.4. The van der Waals surface area contributed by atoms with Gasteiger partial charge in [0.15, 0.2) is 0 Å². The summed E-state index contributed by atoms with van der Waals surface area (Å²) in [6.07, 6.45) is 6.81. The third kappa shape index (κ3) is 5.69. The lowest BCUT2D eigenvalue weighted by molar-refractivity contribution is -0.137. The van der Waals surface area contributed by atoms with E-state index in [4.69, 9.17) is 11.5 Å². The number of carboxylic acid groups (broad SMARTS) is 1. The molecule has 1 amide bonds. The molecule has 0 bridgehead atoms. The van der Waals surface area contributed by atoms with Crippen molar-refractivity contribution in [3.05, 3.63) is 0 Å². The quantitative estimate of drug-likeness (QED) is 0.626. The summed E-state index contributed by atoms with van der Waals surface area (Å²) in [6.45, 7) is 4.34. The number of aliphatic carboxylic acids is 1. The van der Waals surface area contributed by atoms with Gasteiger partial charge in [0.1, 0.15) is 5.54 Å². The van der Waals surface area contributed by atoms with Crippen LogP contribution >= 0.6 is 0 Å². The van der Waals surface area contributed by atoms with Gasteiger partial charge in [-0.25, -0.2) is 0 Å². The van der Waals surface area contributed by atoms with Crippen molar-refractivity contribution in [2.24, 2.45) is 0 Å². The van der Waals surface area contributed by atoms with Gasteiger partial charge in [0.05, 0.1) is 13.0 Å². The fourth-order valence-electron chi connectivity index (χ4n) is 1.58. The SMILES string of the molecule is C#CC(CC)(CC)NC(=O)CN(C)CCC(=O)O. The minimum absolute atomic E-state index is 0.0195. The normalized spacial score (nSPS) is 11.1. The zero-order valence-corrected chi connectivity index (χ0v) is 11.3. The van der Waals surface area contributed by atoms with E-state index in [-0.39, 0.29) is 18.9 Å². The van der Waals surface area contributed by atoms with E-state index in [0.29, 0.717) is 19.4 Å². The summed E-state index contributed by atoms with van der Waals surface area (Å²) in [5.41, 5.74) is -0.593. The van der Waals surface area contributed by atoms with Crippen molar-refractivity contribution in [2.75, 3.05) is 20.1 Å². The van der Waals surface area contributed by atoms with Gasteiger partial charge in [-0.15, -0.1) is 6.42 Å². The van der Waals surface area contributed by atoms with Crippen LogP contribution in [0.2, 0.25) is 0 Å². The van der Waals surface area contributed by atoms with E-state index in [1.54, 1.807) is 11.9 Å². The lowest BCUT2D eigenvalue weighted by Crippen LogP contribution is -2.49. The molecule has 0 fully saturated rings. The van der Waals surface area contributed by atoms with E-state index in [9.17, 15) is 9.59 Å². The summed E-state index contributed by atoms with van der Waals surface area (Å²) in [7, 11) is 1.71. The molecule has 0 spiro atoms. The number of likely N-dealkylation sites (N-methyl/N-ethyl adjacent to an activating group) is 1. The Balaban J connectivity index is 4.25. The van der Waals surface area contributed by atoms with Crippen molar-refractivity contribution < 1.29 is 14.7 Å². The summed E-state index contributed by atoms with van der Waals surface area (Å²) in [5, 5.41) is 11.4. The average Bonchev–Trinajstić information content (AvgIpc) is 2.33. The summed E-state index contributed by atoms with van der Waals surface area (Å²) in [6, 6.07) is 0. The number of carbonyl (C=O) groups is 2. The Labute approximate surface area is 109 Å². The predicted molar refractivity (Wildman–Crippen MR) is 70.0 cm³/mol. The molecule has 18 heavy (non-hydrogen) atoms. The average molecular weight is 254 g/mol. The number of terminal acetylenes is 1. The van der Waals surface area contributed by atoms with E-state index in [1.807, 2.05) is 13.8 Å². The third-order valence-electron chi connectivity index (χ3n) is 2.98. The summed E-state index contributed by atoms with van der Waals surface area (Å²) in [4.78, 5) is 23.9. The Kier molecular flexibility index (Phi) is 7.06. The highest BCUT2D eigenvalue weighted by Gasteiger charge is 2.25. The lowest BCUT2D eigenvalue weighted by Gasteiger charge is -2.28. The maximum absolute atomic E-state index is 11.8. The molecule has 0 unspecified atom stereocenters. The number of amides is 1. The summed E-state index contributed by atoms with van der Waals surface area (Å²) >= 11 is 0. The van der Waals surface area contributed by atoms with Crippen LogP contribution in [0.15, 0.2) is 0 Å². The molecule has 0 atom stereocenters. The standard InChI is InChI=1S/C13H22N2O3/c1-5-13(6-2,7-3)14-11(16)10-15(4)9-8-12(17)18/h1H,6-10H2,2-4H3,(H,14,16)(H,17,18). The van der Waals surface area contributed by atoms with E-state index in [0.717, 1.165) is 0 Å². The Morgan fingerprint density at radius 2 is 1.94 bits per heavy atom.